The number of esters is 1. The van der Waals surface area contributed by atoms with Crippen molar-refractivity contribution in [1.29, 1.82) is 0 Å². The van der Waals surface area contributed by atoms with Crippen LogP contribution in [0.2, 0.25) is 0 Å². The topological polar surface area (TPSA) is 48.3 Å². The molecule has 0 atom stereocenters. The monoisotopic (exact) mass is 341 g/mol. The number of nitrogens with zero attached hydrogens (tertiary/aromatic N) is 1. The molecule has 0 N–H and O–H groups in total. The van der Waals surface area contributed by atoms with Gasteiger partial charge in [-0.1, -0.05) is 13.8 Å². The average Bonchev–Trinajstić information content (AvgIpc) is 2.55. The van der Waals surface area contributed by atoms with Crippen LogP contribution >= 0.6 is 0 Å². The SMILES string of the molecule is CCOC(=O)c1cn(C(CC)CC)c2cc(F)c(F)c(F)c2c1=O. The molecule has 0 unspecified atom stereocenters. The molecule has 130 valence electrons. The molecule has 1 aromatic heterocycles. The fourth-order valence-electron chi connectivity index (χ4n) is 2.74. The molecule has 0 aliphatic rings. The van der Waals surface area contributed by atoms with E-state index in [0.717, 1.165) is 6.07 Å². The van der Waals surface area contributed by atoms with Crippen LogP contribution in [0.5, 0.6) is 0 Å². The Balaban J connectivity index is 2.95. The van der Waals surface area contributed by atoms with Crippen LogP contribution in [0.3, 0.4) is 0 Å². The van der Waals surface area contributed by atoms with Gasteiger partial charge in [-0.25, -0.2) is 18.0 Å². The van der Waals surface area contributed by atoms with Gasteiger partial charge in [-0.2, -0.15) is 0 Å². The number of rotatable bonds is 5. The standard InChI is InChI=1S/C17H18F3NO3/c1-4-9(5-2)21-8-10(17(23)24-6-3)16(22)13-12(21)7-11(18)14(19)15(13)20/h7-9H,4-6H2,1-3H3. The molecule has 2 aromatic rings. The first-order valence-corrected chi connectivity index (χ1v) is 7.76. The fourth-order valence-corrected chi connectivity index (χ4v) is 2.74. The lowest BCUT2D eigenvalue weighted by Crippen LogP contribution is -2.24. The van der Waals surface area contributed by atoms with E-state index in [2.05, 4.69) is 0 Å². The summed E-state index contributed by atoms with van der Waals surface area (Å²) < 4.78 is 47.7. The molecule has 2 rings (SSSR count). The van der Waals surface area contributed by atoms with Crippen molar-refractivity contribution in [3.63, 3.8) is 0 Å². The summed E-state index contributed by atoms with van der Waals surface area (Å²) in [5.41, 5.74) is -1.50. The maximum absolute atomic E-state index is 14.2. The predicted molar refractivity (Wildman–Crippen MR) is 83.7 cm³/mol. The van der Waals surface area contributed by atoms with E-state index in [0.29, 0.717) is 12.8 Å². The maximum atomic E-state index is 14.2. The largest absolute Gasteiger partial charge is 0.462 e. The van der Waals surface area contributed by atoms with Crippen molar-refractivity contribution in [3.8, 4) is 0 Å². The molecule has 0 aliphatic heterocycles. The van der Waals surface area contributed by atoms with Crippen molar-refractivity contribution in [2.45, 2.75) is 39.7 Å². The van der Waals surface area contributed by atoms with Gasteiger partial charge in [0.2, 0.25) is 5.43 Å². The molecule has 0 aliphatic carbocycles. The van der Waals surface area contributed by atoms with Crippen LogP contribution in [0.4, 0.5) is 13.2 Å². The third kappa shape index (κ3) is 2.90. The first-order chi connectivity index (χ1) is 11.4. The molecule has 7 heteroatoms. The van der Waals surface area contributed by atoms with Crippen LogP contribution in [0.25, 0.3) is 10.9 Å². The van der Waals surface area contributed by atoms with Crippen molar-refractivity contribution in [2.75, 3.05) is 6.61 Å². The fraction of sp³-hybridized carbons (Fsp3) is 0.412. The van der Waals surface area contributed by atoms with E-state index in [1.54, 1.807) is 6.92 Å². The second-order valence-electron chi connectivity index (χ2n) is 5.35. The van der Waals surface area contributed by atoms with E-state index >= 15 is 0 Å². The number of hydrogen-bond donors (Lipinski definition) is 0. The van der Waals surface area contributed by atoms with Gasteiger partial charge in [-0.3, -0.25) is 4.79 Å². The molecular weight excluding hydrogens is 323 g/mol. The second kappa shape index (κ2) is 7.07. The van der Waals surface area contributed by atoms with E-state index in [1.807, 2.05) is 13.8 Å². The number of fused-ring (bicyclic) bond motifs is 1. The Labute approximate surface area is 136 Å². The first-order valence-electron chi connectivity index (χ1n) is 7.76. The van der Waals surface area contributed by atoms with E-state index in [1.165, 1.54) is 10.8 Å². The summed E-state index contributed by atoms with van der Waals surface area (Å²) in [5.74, 6) is -5.64. The summed E-state index contributed by atoms with van der Waals surface area (Å²) in [6.07, 6.45) is 2.42. The lowest BCUT2D eigenvalue weighted by Gasteiger charge is -2.21. The average molecular weight is 341 g/mol. The second-order valence-corrected chi connectivity index (χ2v) is 5.35. The summed E-state index contributed by atoms with van der Waals surface area (Å²) in [5, 5.41) is -0.647. The van der Waals surface area contributed by atoms with Crippen LogP contribution in [-0.2, 0) is 4.74 Å². The molecule has 0 saturated heterocycles. The number of carbonyl (C=O) groups excluding carboxylic acids is 1. The molecule has 24 heavy (non-hydrogen) atoms. The molecule has 1 heterocycles. The van der Waals surface area contributed by atoms with Crippen LogP contribution < -0.4 is 5.43 Å². The number of carbonyl (C=O) groups is 1. The van der Waals surface area contributed by atoms with Gasteiger partial charge >= 0.3 is 5.97 Å². The molecule has 1 aromatic carbocycles. The molecule has 0 amide bonds. The Kier molecular flexibility index (Phi) is 5.31. The normalized spacial score (nSPS) is 11.3. The van der Waals surface area contributed by atoms with Gasteiger partial charge in [0.15, 0.2) is 17.5 Å². The van der Waals surface area contributed by atoms with Gasteiger partial charge in [0.05, 0.1) is 17.5 Å². The zero-order chi connectivity index (χ0) is 18.0. The van der Waals surface area contributed by atoms with E-state index < -0.39 is 39.8 Å². The zero-order valence-electron chi connectivity index (χ0n) is 13.7. The Bertz CT molecular complexity index is 841. The number of aromatic nitrogens is 1. The third-order valence-corrected chi connectivity index (χ3v) is 3.99. The van der Waals surface area contributed by atoms with Gasteiger partial charge in [-0.05, 0) is 19.8 Å². The molecule has 0 spiro atoms. The van der Waals surface area contributed by atoms with Gasteiger partial charge in [0, 0.05) is 18.3 Å². The Hall–Kier alpha value is -2.31. The van der Waals surface area contributed by atoms with Crippen LogP contribution in [0, 0.1) is 17.5 Å². The minimum absolute atomic E-state index is 0.0293. The quantitative estimate of drug-likeness (QED) is 0.611. The number of halogens is 3. The summed E-state index contributed by atoms with van der Waals surface area (Å²) in [7, 11) is 0. The summed E-state index contributed by atoms with van der Waals surface area (Å²) in [6, 6.07) is 0.563. The molecule has 0 saturated carbocycles. The smallest absolute Gasteiger partial charge is 0.343 e. The zero-order valence-corrected chi connectivity index (χ0v) is 13.7. The highest BCUT2D eigenvalue weighted by Gasteiger charge is 2.24. The molecule has 4 nitrogen and oxygen atoms in total. The Morgan fingerprint density at radius 1 is 1.17 bits per heavy atom. The number of ether oxygens (including phenoxy) is 1. The number of pyridine rings is 1. The van der Waals surface area contributed by atoms with Crippen molar-refractivity contribution >= 4 is 16.9 Å². The van der Waals surface area contributed by atoms with Gasteiger partial charge < -0.3 is 9.30 Å². The highest BCUT2D eigenvalue weighted by atomic mass is 19.2. The van der Waals surface area contributed by atoms with Gasteiger partial charge in [0.25, 0.3) is 0 Å². The Morgan fingerprint density at radius 2 is 1.79 bits per heavy atom. The lowest BCUT2D eigenvalue weighted by atomic mass is 10.1. The molecule has 0 fully saturated rings. The van der Waals surface area contributed by atoms with E-state index in [-0.39, 0.29) is 18.2 Å². The van der Waals surface area contributed by atoms with Gasteiger partial charge in [0.1, 0.15) is 5.56 Å². The van der Waals surface area contributed by atoms with Crippen molar-refractivity contribution < 1.29 is 22.7 Å². The minimum atomic E-state index is -1.74. The first kappa shape index (κ1) is 18.0. The molecule has 0 radical (unpaired) electrons. The number of hydrogen-bond acceptors (Lipinski definition) is 3. The highest BCUT2D eigenvalue weighted by molar-refractivity contribution is 5.94. The highest BCUT2D eigenvalue weighted by Crippen LogP contribution is 2.26. The predicted octanol–water partition coefficient (Wildman–Crippen LogP) is 3.96. The summed E-state index contributed by atoms with van der Waals surface area (Å²) in [4.78, 5) is 24.4. The van der Waals surface area contributed by atoms with Crippen molar-refractivity contribution in [1.82, 2.24) is 4.57 Å². The summed E-state index contributed by atoms with van der Waals surface area (Å²) >= 11 is 0. The van der Waals surface area contributed by atoms with E-state index in [4.69, 9.17) is 4.74 Å². The lowest BCUT2D eigenvalue weighted by molar-refractivity contribution is 0.0524. The minimum Gasteiger partial charge on any atom is -0.462 e. The number of benzene rings is 1. The van der Waals surface area contributed by atoms with Crippen LogP contribution in [-0.4, -0.2) is 17.1 Å². The summed E-state index contributed by atoms with van der Waals surface area (Å²) in [6.45, 7) is 5.31. The maximum Gasteiger partial charge on any atom is 0.343 e. The molecular formula is C17H18F3NO3. The van der Waals surface area contributed by atoms with Crippen LogP contribution in [0.1, 0.15) is 50.0 Å². The molecule has 0 bridgehead atoms. The van der Waals surface area contributed by atoms with Crippen LogP contribution in [0.15, 0.2) is 17.1 Å². The van der Waals surface area contributed by atoms with Crippen molar-refractivity contribution in [3.05, 3.63) is 45.5 Å². The van der Waals surface area contributed by atoms with Crippen molar-refractivity contribution in [2.24, 2.45) is 0 Å². The van der Waals surface area contributed by atoms with Gasteiger partial charge in [-0.15, -0.1) is 0 Å². The van der Waals surface area contributed by atoms with E-state index in [9.17, 15) is 22.8 Å². The Morgan fingerprint density at radius 3 is 2.33 bits per heavy atom. The third-order valence-electron chi connectivity index (χ3n) is 3.99.